The van der Waals surface area contributed by atoms with Gasteiger partial charge in [-0.05, 0) is 18.9 Å². The van der Waals surface area contributed by atoms with Crippen molar-refractivity contribution in [3.8, 4) is 5.88 Å². The van der Waals surface area contributed by atoms with Crippen molar-refractivity contribution < 1.29 is 9.84 Å². The maximum atomic E-state index is 11.3. The molecule has 0 unspecified atom stereocenters. The van der Waals surface area contributed by atoms with Crippen LogP contribution in [0.2, 0.25) is 0 Å². The van der Waals surface area contributed by atoms with Crippen LogP contribution >= 0.6 is 0 Å². The molecule has 0 amide bonds. The van der Waals surface area contributed by atoms with Crippen LogP contribution in [0.3, 0.4) is 0 Å². The lowest BCUT2D eigenvalue weighted by Crippen LogP contribution is -2.25. The summed E-state index contributed by atoms with van der Waals surface area (Å²) in [5.74, 6) is 0.167. The summed E-state index contributed by atoms with van der Waals surface area (Å²) in [7, 11) is 1.62. The molecule has 1 aliphatic rings. The number of hydrogen-bond donors (Lipinski definition) is 4. The Balaban J connectivity index is 1.85. The number of hydrogen-bond acceptors (Lipinski definition) is 8. The number of imidazole rings is 1. The van der Waals surface area contributed by atoms with Gasteiger partial charge < -0.3 is 20.1 Å². The fourth-order valence-electron chi connectivity index (χ4n) is 2.42. The monoisotopic (exact) mass is 358 g/mol. The van der Waals surface area contributed by atoms with E-state index in [9.17, 15) is 9.90 Å². The lowest BCUT2D eigenvalue weighted by Gasteiger charge is -2.04. The molecule has 4 N–H and O–H groups in total. The van der Waals surface area contributed by atoms with Crippen LogP contribution in [-0.2, 0) is 4.74 Å². The Morgan fingerprint density at radius 2 is 2.31 bits per heavy atom. The Labute approximate surface area is 146 Å². The van der Waals surface area contributed by atoms with Gasteiger partial charge in [0.15, 0.2) is 5.65 Å². The molecule has 4 rings (SSSR count). The van der Waals surface area contributed by atoms with E-state index in [1.165, 1.54) is 0 Å². The molecular formula is C15H18N8O3. The number of nitrogens with zero attached hydrogens (tertiary/aromatic N) is 5. The minimum atomic E-state index is -0.494. The highest BCUT2D eigenvalue weighted by molar-refractivity contribution is 5.57. The summed E-state index contributed by atoms with van der Waals surface area (Å²) in [6.07, 6.45) is 5.25. The lowest BCUT2D eigenvalue weighted by molar-refractivity contribution is 0.210. The second-order valence-corrected chi connectivity index (χ2v) is 5.95. The zero-order valence-corrected chi connectivity index (χ0v) is 14.1. The summed E-state index contributed by atoms with van der Waals surface area (Å²) in [6.45, 7) is 1.06. The van der Waals surface area contributed by atoms with Gasteiger partial charge >= 0.3 is 5.69 Å². The van der Waals surface area contributed by atoms with E-state index in [0.717, 1.165) is 12.8 Å². The second kappa shape index (κ2) is 6.59. The van der Waals surface area contributed by atoms with Crippen molar-refractivity contribution in [1.82, 2.24) is 29.5 Å². The smallest absolute Gasteiger partial charge is 0.326 e. The molecular weight excluding hydrogens is 340 g/mol. The fourth-order valence-corrected chi connectivity index (χ4v) is 2.42. The Morgan fingerprint density at radius 1 is 1.46 bits per heavy atom. The van der Waals surface area contributed by atoms with Crippen molar-refractivity contribution in [2.24, 2.45) is 4.99 Å². The second-order valence-electron chi connectivity index (χ2n) is 5.95. The highest BCUT2D eigenvalue weighted by Gasteiger charge is 2.20. The van der Waals surface area contributed by atoms with Gasteiger partial charge in [-0.3, -0.25) is 4.98 Å². The van der Waals surface area contributed by atoms with Gasteiger partial charge in [-0.15, -0.1) is 0 Å². The first kappa shape index (κ1) is 16.3. The molecule has 1 aliphatic carbocycles. The van der Waals surface area contributed by atoms with Gasteiger partial charge in [0.2, 0.25) is 11.8 Å². The Kier molecular flexibility index (Phi) is 4.13. The van der Waals surface area contributed by atoms with Crippen molar-refractivity contribution in [2.45, 2.75) is 18.9 Å². The Hall–Kier alpha value is -3.21. The molecule has 0 atom stereocenters. The average Bonchev–Trinajstić information content (AvgIpc) is 3.24. The zero-order chi connectivity index (χ0) is 18.1. The SMILES string of the molecule is COCCNc1nc(=NC2CC2)n2nc/c(=C\c3[nH]c(=O)[nH]c3O)c2n1. The molecule has 0 radical (unpaired) electrons. The van der Waals surface area contributed by atoms with Crippen molar-refractivity contribution >= 4 is 17.7 Å². The van der Waals surface area contributed by atoms with Gasteiger partial charge in [0, 0.05) is 18.9 Å². The van der Waals surface area contributed by atoms with E-state index in [0.29, 0.717) is 35.6 Å². The number of nitrogens with one attached hydrogen (secondary N) is 3. The largest absolute Gasteiger partial charge is 0.493 e. The van der Waals surface area contributed by atoms with Crippen LogP contribution in [0, 0.1) is 0 Å². The molecule has 1 saturated carbocycles. The summed E-state index contributed by atoms with van der Waals surface area (Å²) in [6, 6.07) is 0.265. The number of methoxy groups -OCH3 is 1. The molecule has 11 nitrogen and oxygen atoms in total. The van der Waals surface area contributed by atoms with Crippen molar-refractivity contribution in [3.05, 3.63) is 33.2 Å². The number of H-pyrrole nitrogens is 2. The molecule has 3 aromatic heterocycles. The highest BCUT2D eigenvalue weighted by Crippen LogP contribution is 2.22. The van der Waals surface area contributed by atoms with Gasteiger partial charge in [-0.1, -0.05) is 0 Å². The first-order valence-corrected chi connectivity index (χ1v) is 8.19. The van der Waals surface area contributed by atoms with E-state index in [1.54, 1.807) is 23.9 Å². The summed E-state index contributed by atoms with van der Waals surface area (Å²) >= 11 is 0. The quantitative estimate of drug-likeness (QED) is 0.393. The van der Waals surface area contributed by atoms with E-state index in [1.807, 2.05) is 0 Å². The summed E-state index contributed by atoms with van der Waals surface area (Å²) in [5, 5.41) is 17.8. The first-order valence-electron chi connectivity index (χ1n) is 8.19. The normalized spacial score (nSPS) is 15.9. The Bertz CT molecular complexity index is 1110. The third-order valence-corrected chi connectivity index (χ3v) is 3.85. The predicted octanol–water partition coefficient (Wildman–Crippen LogP) is -1.48. The van der Waals surface area contributed by atoms with E-state index >= 15 is 0 Å². The molecule has 0 aliphatic heterocycles. The fraction of sp³-hybridized carbons (Fsp3) is 0.400. The van der Waals surface area contributed by atoms with Gasteiger partial charge in [-0.2, -0.15) is 19.6 Å². The van der Waals surface area contributed by atoms with Crippen LogP contribution < -0.4 is 21.8 Å². The maximum Gasteiger partial charge on any atom is 0.326 e. The number of aromatic amines is 2. The predicted molar refractivity (Wildman–Crippen MR) is 91.6 cm³/mol. The molecule has 0 bridgehead atoms. The van der Waals surface area contributed by atoms with Crippen LogP contribution in [0.15, 0.2) is 16.0 Å². The summed E-state index contributed by atoms with van der Waals surface area (Å²) < 4.78 is 6.58. The zero-order valence-electron chi connectivity index (χ0n) is 14.1. The van der Waals surface area contributed by atoms with E-state index in [4.69, 9.17) is 4.74 Å². The molecule has 0 spiro atoms. The third-order valence-electron chi connectivity index (χ3n) is 3.85. The maximum absolute atomic E-state index is 11.3. The van der Waals surface area contributed by atoms with Gasteiger partial charge in [0.05, 0.1) is 18.8 Å². The van der Waals surface area contributed by atoms with Crippen LogP contribution in [0.1, 0.15) is 18.5 Å². The van der Waals surface area contributed by atoms with E-state index < -0.39 is 5.69 Å². The number of aromatic hydroxyl groups is 1. The molecule has 11 heteroatoms. The molecule has 3 aromatic rings. The Morgan fingerprint density at radius 3 is 3.00 bits per heavy atom. The van der Waals surface area contributed by atoms with E-state index in [2.05, 4.69) is 35.3 Å². The molecule has 0 aromatic carbocycles. The lowest BCUT2D eigenvalue weighted by atomic mass is 10.3. The number of fused-ring (bicyclic) bond motifs is 1. The number of rotatable bonds is 6. The highest BCUT2D eigenvalue weighted by atomic mass is 16.5. The van der Waals surface area contributed by atoms with Crippen molar-refractivity contribution in [1.29, 1.82) is 0 Å². The van der Waals surface area contributed by atoms with Gasteiger partial charge in [0.1, 0.15) is 5.69 Å². The molecule has 1 fully saturated rings. The molecule has 0 saturated heterocycles. The van der Waals surface area contributed by atoms with Crippen LogP contribution in [0.25, 0.3) is 11.7 Å². The van der Waals surface area contributed by atoms with Gasteiger partial charge in [0.25, 0.3) is 5.62 Å². The minimum Gasteiger partial charge on any atom is -0.493 e. The summed E-state index contributed by atoms with van der Waals surface area (Å²) in [4.78, 5) is 29.6. The van der Waals surface area contributed by atoms with Crippen LogP contribution in [0.5, 0.6) is 5.88 Å². The van der Waals surface area contributed by atoms with Crippen molar-refractivity contribution in [2.75, 3.05) is 25.6 Å². The van der Waals surface area contributed by atoms with Crippen LogP contribution in [-0.4, -0.2) is 61.0 Å². The van der Waals surface area contributed by atoms with Crippen molar-refractivity contribution in [3.63, 3.8) is 0 Å². The molecule has 26 heavy (non-hydrogen) atoms. The minimum absolute atomic E-state index is 0.246. The van der Waals surface area contributed by atoms with E-state index in [-0.39, 0.29) is 17.6 Å². The number of anilines is 1. The first-order chi connectivity index (χ1) is 12.6. The molecule has 3 heterocycles. The van der Waals surface area contributed by atoms with Crippen LogP contribution in [0.4, 0.5) is 5.95 Å². The summed E-state index contributed by atoms with van der Waals surface area (Å²) in [5.41, 5.74) is 0.730. The molecule has 136 valence electrons. The average molecular weight is 358 g/mol. The third kappa shape index (κ3) is 3.28. The number of ether oxygens (including phenoxy) is 1. The number of aromatic nitrogens is 6. The standard InChI is InChI=1S/C15H18N8O3/c1-26-5-4-16-13-20-11-8(6-10-12(24)21-15(25)19-10)7-17-23(11)14(22-13)18-9-2-3-9/h6-7,9,24H,2-5H2,1H3,(H,16,18,22)(H2,19,21,25)/b8-6+. The van der Waals surface area contributed by atoms with Gasteiger partial charge in [-0.25, -0.2) is 9.79 Å². The topological polar surface area (TPSA) is 146 Å².